The maximum atomic E-state index is 10.9. The second kappa shape index (κ2) is 5.81. The fourth-order valence-corrected chi connectivity index (χ4v) is 4.86. The van der Waals surface area contributed by atoms with E-state index in [9.17, 15) is 15.3 Å². The average molecular weight is 314 g/mol. The molecule has 3 rings (SSSR count). The fraction of sp³-hybridized carbons (Fsp3) is 0.500. The van der Waals surface area contributed by atoms with Crippen LogP contribution in [0.1, 0.15) is 43.2 Å². The lowest BCUT2D eigenvalue weighted by Crippen LogP contribution is -2.57. The lowest BCUT2D eigenvalue weighted by molar-refractivity contribution is -0.137. The highest BCUT2D eigenvalue weighted by atomic mass is 16.3. The van der Waals surface area contributed by atoms with Gasteiger partial charge in [0.05, 0.1) is 11.7 Å². The summed E-state index contributed by atoms with van der Waals surface area (Å²) >= 11 is 0. The first-order valence-corrected chi connectivity index (χ1v) is 8.40. The molecule has 2 aliphatic carbocycles. The minimum atomic E-state index is -1.08. The van der Waals surface area contributed by atoms with Crippen molar-refractivity contribution in [2.45, 2.75) is 55.6 Å². The van der Waals surface area contributed by atoms with Crippen LogP contribution in [0.25, 0.3) is 0 Å². The Labute approximate surface area is 138 Å². The Balaban J connectivity index is 2.06. The summed E-state index contributed by atoms with van der Waals surface area (Å²) in [5.41, 5.74) is 1.08. The van der Waals surface area contributed by atoms with Gasteiger partial charge in [-0.25, -0.2) is 0 Å². The van der Waals surface area contributed by atoms with E-state index < -0.39 is 11.7 Å². The molecule has 1 saturated carbocycles. The number of hydrogen-bond acceptors (Lipinski definition) is 3. The molecule has 0 radical (unpaired) electrons. The summed E-state index contributed by atoms with van der Waals surface area (Å²) in [5.74, 6) is 0.585. The second-order valence-electron chi connectivity index (χ2n) is 7.25. The molecule has 2 aliphatic rings. The smallest absolute Gasteiger partial charge is 0.115 e. The second-order valence-corrected chi connectivity index (χ2v) is 7.25. The van der Waals surface area contributed by atoms with Crippen molar-refractivity contribution in [2.24, 2.45) is 5.92 Å². The number of allylic oxidation sites excluding steroid dienone is 1. The zero-order chi connectivity index (χ0) is 16.7. The van der Waals surface area contributed by atoms with E-state index in [0.717, 1.165) is 24.8 Å². The van der Waals surface area contributed by atoms with Crippen LogP contribution in [-0.2, 0) is 11.8 Å². The highest BCUT2D eigenvalue weighted by Gasteiger charge is 2.54. The van der Waals surface area contributed by atoms with Gasteiger partial charge in [-0.3, -0.25) is 0 Å². The topological polar surface area (TPSA) is 60.7 Å². The highest BCUT2D eigenvalue weighted by Crippen LogP contribution is 2.55. The van der Waals surface area contributed by atoms with Crippen LogP contribution >= 0.6 is 0 Å². The van der Waals surface area contributed by atoms with Crippen LogP contribution < -0.4 is 0 Å². The molecule has 1 fully saturated rings. The number of benzene rings is 1. The maximum Gasteiger partial charge on any atom is 0.115 e. The minimum absolute atomic E-state index is 0.199. The first-order chi connectivity index (χ1) is 10.9. The number of rotatable bonds is 4. The Hall–Kier alpha value is -1.58. The number of aliphatic hydroxyl groups excluding tert-OH is 1. The molecule has 3 N–H and O–H groups in total. The Morgan fingerprint density at radius 2 is 1.91 bits per heavy atom. The van der Waals surface area contributed by atoms with Gasteiger partial charge in [0.15, 0.2) is 0 Å². The van der Waals surface area contributed by atoms with Gasteiger partial charge in [0.25, 0.3) is 0 Å². The number of hydrogen-bond donors (Lipinski definition) is 3. The summed E-state index contributed by atoms with van der Waals surface area (Å²) in [6.07, 6.45) is 6.97. The first-order valence-electron chi connectivity index (χ1n) is 8.40. The van der Waals surface area contributed by atoms with Crippen molar-refractivity contribution < 1.29 is 15.3 Å². The van der Waals surface area contributed by atoms with E-state index in [2.05, 4.69) is 13.2 Å². The summed E-state index contributed by atoms with van der Waals surface area (Å²) in [6, 6.07) is 5.56. The third kappa shape index (κ3) is 2.52. The molecule has 23 heavy (non-hydrogen) atoms. The number of fused-ring (bicyclic) bond motifs is 3. The van der Waals surface area contributed by atoms with E-state index in [1.807, 2.05) is 18.2 Å². The Morgan fingerprint density at radius 1 is 1.17 bits per heavy atom. The van der Waals surface area contributed by atoms with Gasteiger partial charge >= 0.3 is 0 Å². The third-order valence-electron chi connectivity index (χ3n) is 5.95. The summed E-state index contributed by atoms with van der Waals surface area (Å²) in [5, 5.41) is 31.3. The van der Waals surface area contributed by atoms with E-state index >= 15 is 0 Å². The Morgan fingerprint density at radius 3 is 2.61 bits per heavy atom. The molecule has 0 saturated heterocycles. The number of aryl methyl sites for hydroxylation is 1. The lowest BCUT2D eigenvalue weighted by atomic mass is 9.52. The van der Waals surface area contributed by atoms with Crippen LogP contribution in [-0.4, -0.2) is 27.0 Å². The molecule has 0 spiro atoms. The predicted octanol–water partition coefficient (Wildman–Crippen LogP) is 3.23. The fourth-order valence-electron chi connectivity index (χ4n) is 4.86. The van der Waals surface area contributed by atoms with Crippen molar-refractivity contribution in [1.29, 1.82) is 0 Å². The molecule has 124 valence electrons. The number of phenolic OH excluding ortho intramolecular Hbond substituents is 1. The summed E-state index contributed by atoms with van der Waals surface area (Å²) in [4.78, 5) is 0. The average Bonchev–Trinajstić information content (AvgIpc) is 2.49. The predicted molar refractivity (Wildman–Crippen MR) is 91.4 cm³/mol. The van der Waals surface area contributed by atoms with E-state index in [-0.39, 0.29) is 11.2 Å². The molecule has 0 amide bonds. The lowest BCUT2D eigenvalue weighted by Gasteiger charge is -2.55. The number of aliphatic hydroxyl groups is 2. The van der Waals surface area contributed by atoms with Crippen molar-refractivity contribution >= 4 is 0 Å². The van der Waals surface area contributed by atoms with E-state index in [4.69, 9.17) is 0 Å². The largest absolute Gasteiger partial charge is 0.508 e. The monoisotopic (exact) mass is 314 g/mol. The van der Waals surface area contributed by atoms with E-state index in [1.165, 1.54) is 5.56 Å². The molecule has 3 heteroatoms. The Kier molecular flexibility index (Phi) is 4.11. The molecular weight excluding hydrogens is 288 g/mol. The van der Waals surface area contributed by atoms with Gasteiger partial charge in [0, 0.05) is 5.41 Å². The molecule has 0 aromatic heterocycles. The quantitative estimate of drug-likeness (QED) is 0.748. The van der Waals surface area contributed by atoms with Crippen molar-refractivity contribution in [2.75, 3.05) is 0 Å². The molecule has 0 heterocycles. The third-order valence-corrected chi connectivity index (χ3v) is 5.95. The molecule has 0 unspecified atom stereocenters. The first kappa shape index (κ1) is 16.3. The van der Waals surface area contributed by atoms with Crippen molar-refractivity contribution in [3.8, 4) is 5.75 Å². The van der Waals surface area contributed by atoms with Crippen LogP contribution in [0.5, 0.6) is 5.75 Å². The highest BCUT2D eigenvalue weighted by molar-refractivity contribution is 5.44. The van der Waals surface area contributed by atoms with Crippen LogP contribution in [0.15, 0.2) is 43.5 Å². The van der Waals surface area contributed by atoms with Gasteiger partial charge in [-0.1, -0.05) is 18.2 Å². The standard InChI is InChI=1S/C20H26O3/c1-3-9-19-13-18(22)20(23,10-4-2)12-15(19)6-5-14-11-16(21)7-8-17(14)19/h3-4,7-8,11,15,18,21-23H,1-2,5-6,9-10,12-13H2/t15-,18+,19-,20-/m1/s1. The van der Waals surface area contributed by atoms with Crippen LogP contribution in [0, 0.1) is 5.92 Å². The molecule has 0 aliphatic heterocycles. The van der Waals surface area contributed by atoms with Gasteiger partial charge in [0.2, 0.25) is 0 Å². The molecular formula is C20H26O3. The van der Waals surface area contributed by atoms with Crippen molar-refractivity contribution in [3.05, 3.63) is 54.6 Å². The van der Waals surface area contributed by atoms with Gasteiger partial charge < -0.3 is 15.3 Å². The van der Waals surface area contributed by atoms with Crippen molar-refractivity contribution in [3.63, 3.8) is 0 Å². The molecule has 1 aromatic carbocycles. The van der Waals surface area contributed by atoms with Gasteiger partial charge in [0.1, 0.15) is 5.75 Å². The maximum absolute atomic E-state index is 10.9. The van der Waals surface area contributed by atoms with Crippen LogP contribution in [0.3, 0.4) is 0 Å². The summed E-state index contributed by atoms with van der Waals surface area (Å²) < 4.78 is 0. The van der Waals surface area contributed by atoms with Gasteiger partial charge in [-0.05, 0) is 67.7 Å². The summed E-state index contributed by atoms with van der Waals surface area (Å²) in [6.45, 7) is 7.64. The van der Waals surface area contributed by atoms with E-state index in [0.29, 0.717) is 25.2 Å². The SMILES string of the molecule is C=CC[C@@]1(O)C[C@H]2CCc3cc(O)ccc3[C@]2(CC=C)C[C@@H]1O. The zero-order valence-electron chi connectivity index (χ0n) is 13.5. The van der Waals surface area contributed by atoms with E-state index in [1.54, 1.807) is 12.1 Å². The zero-order valence-corrected chi connectivity index (χ0v) is 13.5. The van der Waals surface area contributed by atoms with Crippen LogP contribution in [0.4, 0.5) is 0 Å². The van der Waals surface area contributed by atoms with Crippen molar-refractivity contribution in [1.82, 2.24) is 0 Å². The van der Waals surface area contributed by atoms with Crippen LogP contribution in [0.2, 0.25) is 0 Å². The minimum Gasteiger partial charge on any atom is -0.508 e. The summed E-state index contributed by atoms with van der Waals surface area (Å²) in [7, 11) is 0. The number of phenols is 1. The molecule has 3 nitrogen and oxygen atoms in total. The number of aromatic hydroxyl groups is 1. The molecule has 0 bridgehead atoms. The molecule has 1 aromatic rings. The normalized spacial score (nSPS) is 35.9. The van der Waals surface area contributed by atoms with Gasteiger partial charge in [-0.15, -0.1) is 13.2 Å². The molecule has 4 atom stereocenters. The Bertz CT molecular complexity index is 623. The van der Waals surface area contributed by atoms with Gasteiger partial charge in [-0.2, -0.15) is 0 Å².